The van der Waals surface area contributed by atoms with Crippen molar-refractivity contribution in [2.24, 2.45) is 5.73 Å². The lowest BCUT2D eigenvalue weighted by atomic mass is 10.0. The molecule has 0 aliphatic carbocycles. The summed E-state index contributed by atoms with van der Waals surface area (Å²) < 4.78 is 5.23. The van der Waals surface area contributed by atoms with Crippen LogP contribution in [-0.4, -0.2) is 12.5 Å². The molecule has 0 aliphatic heterocycles. The van der Waals surface area contributed by atoms with Gasteiger partial charge in [0, 0.05) is 6.54 Å². The maximum Gasteiger partial charge on any atom is 0.312 e. The molecular formula is C12H17NO2. The first-order chi connectivity index (χ1) is 7.15. The van der Waals surface area contributed by atoms with Crippen LogP contribution in [0.2, 0.25) is 0 Å². The van der Waals surface area contributed by atoms with E-state index in [9.17, 15) is 4.79 Å². The Morgan fingerprint density at radius 1 is 1.40 bits per heavy atom. The zero-order chi connectivity index (χ0) is 11.3. The smallest absolute Gasteiger partial charge is 0.312 e. The zero-order valence-corrected chi connectivity index (χ0v) is 9.19. The summed E-state index contributed by atoms with van der Waals surface area (Å²) in [6.45, 7) is 4.45. The van der Waals surface area contributed by atoms with E-state index in [2.05, 4.69) is 13.8 Å². The summed E-state index contributed by atoms with van der Waals surface area (Å²) in [6, 6.07) is 7.58. The fourth-order valence-electron chi connectivity index (χ4n) is 1.34. The minimum atomic E-state index is -0.273. The summed E-state index contributed by atoms with van der Waals surface area (Å²) in [7, 11) is 0. The molecule has 0 unspecified atom stereocenters. The van der Waals surface area contributed by atoms with Gasteiger partial charge in [-0.05, 0) is 17.5 Å². The van der Waals surface area contributed by atoms with Crippen LogP contribution in [0.15, 0.2) is 24.3 Å². The Hall–Kier alpha value is -1.35. The quantitative estimate of drug-likeness (QED) is 0.607. The van der Waals surface area contributed by atoms with Gasteiger partial charge in [-0.3, -0.25) is 4.79 Å². The highest BCUT2D eigenvalue weighted by atomic mass is 16.5. The molecule has 1 rings (SSSR count). The number of benzene rings is 1. The average Bonchev–Trinajstić information content (AvgIpc) is 2.18. The Kier molecular flexibility index (Phi) is 4.31. The predicted molar refractivity (Wildman–Crippen MR) is 59.8 cm³/mol. The van der Waals surface area contributed by atoms with Crippen molar-refractivity contribution in [2.75, 3.05) is 6.54 Å². The van der Waals surface area contributed by atoms with Crippen molar-refractivity contribution in [2.45, 2.75) is 26.2 Å². The van der Waals surface area contributed by atoms with Gasteiger partial charge in [-0.15, -0.1) is 0 Å². The van der Waals surface area contributed by atoms with Crippen LogP contribution < -0.4 is 10.5 Å². The second-order valence-corrected chi connectivity index (χ2v) is 3.71. The standard InChI is InChI=1S/C12H17NO2/c1-9(2)10-5-3-4-6-11(10)15-12(14)7-8-13/h3-6,9H,7-8,13H2,1-2H3. The van der Waals surface area contributed by atoms with E-state index in [0.717, 1.165) is 5.56 Å². The summed E-state index contributed by atoms with van der Waals surface area (Å²) in [5.41, 5.74) is 6.32. The number of hydrogen-bond acceptors (Lipinski definition) is 3. The molecule has 15 heavy (non-hydrogen) atoms. The maximum atomic E-state index is 11.3. The van der Waals surface area contributed by atoms with Crippen molar-refractivity contribution in [3.63, 3.8) is 0 Å². The van der Waals surface area contributed by atoms with Gasteiger partial charge in [0.2, 0.25) is 0 Å². The lowest BCUT2D eigenvalue weighted by Crippen LogP contribution is -2.14. The molecule has 0 atom stereocenters. The molecule has 0 aliphatic rings. The normalized spacial score (nSPS) is 10.4. The van der Waals surface area contributed by atoms with Gasteiger partial charge in [0.05, 0.1) is 6.42 Å². The molecule has 82 valence electrons. The van der Waals surface area contributed by atoms with Gasteiger partial charge >= 0.3 is 5.97 Å². The second kappa shape index (κ2) is 5.51. The van der Waals surface area contributed by atoms with E-state index < -0.39 is 0 Å². The van der Waals surface area contributed by atoms with Crippen molar-refractivity contribution in [1.82, 2.24) is 0 Å². The molecule has 1 aromatic carbocycles. The minimum Gasteiger partial charge on any atom is -0.426 e. The van der Waals surface area contributed by atoms with Crippen LogP contribution in [0.25, 0.3) is 0 Å². The largest absolute Gasteiger partial charge is 0.426 e. The van der Waals surface area contributed by atoms with Crippen LogP contribution in [-0.2, 0) is 4.79 Å². The van der Waals surface area contributed by atoms with Gasteiger partial charge in [-0.25, -0.2) is 0 Å². The van der Waals surface area contributed by atoms with E-state index in [1.54, 1.807) is 0 Å². The molecule has 0 radical (unpaired) electrons. The van der Waals surface area contributed by atoms with E-state index in [1.807, 2.05) is 24.3 Å². The summed E-state index contributed by atoms with van der Waals surface area (Å²) in [5.74, 6) is 0.712. The lowest BCUT2D eigenvalue weighted by molar-refractivity contribution is -0.134. The molecule has 0 fully saturated rings. The predicted octanol–water partition coefficient (Wildman–Crippen LogP) is 2.06. The van der Waals surface area contributed by atoms with Crippen molar-refractivity contribution < 1.29 is 9.53 Å². The third kappa shape index (κ3) is 3.36. The molecule has 3 nitrogen and oxygen atoms in total. The number of carbonyl (C=O) groups is 1. The molecule has 0 aromatic heterocycles. The van der Waals surface area contributed by atoms with E-state index in [1.165, 1.54) is 0 Å². The SMILES string of the molecule is CC(C)c1ccccc1OC(=O)CCN. The van der Waals surface area contributed by atoms with Crippen LogP contribution >= 0.6 is 0 Å². The first-order valence-corrected chi connectivity index (χ1v) is 5.14. The minimum absolute atomic E-state index is 0.256. The van der Waals surface area contributed by atoms with Crippen LogP contribution in [0.5, 0.6) is 5.75 Å². The highest BCUT2D eigenvalue weighted by molar-refractivity contribution is 5.73. The molecule has 0 saturated carbocycles. The highest BCUT2D eigenvalue weighted by Gasteiger charge is 2.10. The first kappa shape index (κ1) is 11.7. The number of rotatable bonds is 4. The Balaban J connectivity index is 2.80. The number of hydrogen-bond donors (Lipinski definition) is 1. The topological polar surface area (TPSA) is 52.3 Å². The number of carbonyl (C=O) groups excluding carboxylic acids is 1. The van der Waals surface area contributed by atoms with E-state index in [4.69, 9.17) is 10.5 Å². The van der Waals surface area contributed by atoms with Crippen molar-refractivity contribution in [3.05, 3.63) is 29.8 Å². The summed E-state index contributed by atoms with van der Waals surface area (Å²) >= 11 is 0. The number of nitrogens with two attached hydrogens (primary N) is 1. The number of para-hydroxylation sites is 1. The first-order valence-electron chi connectivity index (χ1n) is 5.14. The molecule has 0 saturated heterocycles. The van der Waals surface area contributed by atoms with E-state index in [-0.39, 0.29) is 12.4 Å². The third-order valence-corrected chi connectivity index (χ3v) is 2.11. The van der Waals surface area contributed by atoms with Gasteiger partial charge < -0.3 is 10.5 Å². The van der Waals surface area contributed by atoms with Crippen LogP contribution in [0, 0.1) is 0 Å². The fraction of sp³-hybridized carbons (Fsp3) is 0.417. The molecule has 0 bridgehead atoms. The Bertz CT molecular complexity index is 334. The Morgan fingerprint density at radius 3 is 2.67 bits per heavy atom. The van der Waals surface area contributed by atoms with Crippen molar-refractivity contribution in [1.29, 1.82) is 0 Å². The molecule has 0 amide bonds. The monoisotopic (exact) mass is 207 g/mol. The summed E-state index contributed by atoms with van der Waals surface area (Å²) in [6.07, 6.45) is 0.256. The van der Waals surface area contributed by atoms with Gasteiger partial charge in [0.25, 0.3) is 0 Å². The van der Waals surface area contributed by atoms with Crippen LogP contribution in [0.1, 0.15) is 31.7 Å². The third-order valence-electron chi connectivity index (χ3n) is 2.11. The van der Waals surface area contributed by atoms with E-state index >= 15 is 0 Å². The summed E-state index contributed by atoms with van der Waals surface area (Å²) in [4.78, 5) is 11.3. The van der Waals surface area contributed by atoms with Gasteiger partial charge in [-0.1, -0.05) is 32.0 Å². The van der Waals surface area contributed by atoms with E-state index in [0.29, 0.717) is 18.2 Å². The maximum absolute atomic E-state index is 11.3. The van der Waals surface area contributed by atoms with Crippen molar-refractivity contribution >= 4 is 5.97 Å². The fourth-order valence-corrected chi connectivity index (χ4v) is 1.34. The molecule has 0 heterocycles. The molecule has 0 spiro atoms. The highest BCUT2D eigenvalue weighted by Crippen LogP contribution is 2.25. The Labute approximate surface area is 90.2 Å². The van der Waals surface area contributed by atoms with Crippen molar-refractivity contribution in [3.8, 4) is 5.75 Å². The average molecular weight is 207 g/mol. The lowest BCUT2D eigenvalue weighted by Gasteiger charge is -2.11. The van der Waals surface area contributed by atoms with Crippen LogP contribution in [0.4, 0.5) is 0 Å². The number of ether oxygens (including phenoxy) is 1. The molecule has 3 heteroatoms. The summed E-state index contributed by atoms with van der Waals surface area (Å²) in [5, 5.41) is 0. The molecule has 2 N–H and O–H groups in total. The number of esters is 1. The zero-order valence-electron chi connectivity index (χ0n) is 9.19. The second-order valence-electron chi connectivity index (χ2n) is 3.71. The van der Waals surface area contributed by atoms with Crippen LogP contribution in [0.3, 0.4) is 0 Å². The molecular weight excluding hydrogens is 190 g/mol. The van der Waals surface area contributed by atoms with Gasteiger partial charge in [0.1, 0.15) is 5.75 Å². The van der Waals surface area contributed by atoms with Gasteiger partial charge in [-0.2, -0.15) is 0 Å². The van der Waals surface area contributed by atoms with Gasteiger partial charge in [0.15, 0.2) is 0 Å². The Morgan fingerprint density at radius 2 is 2.07 bits per heavy atom. The molecule has 1 aromatic rings.